The number of hydrogen-bond donors (Lipinski definition) is 2. The molecule has 0 aliphatic heterocycles. The van der Waals surface area contributed by atoms with Crippen molar-refractivity contribution in [2.45, 2.75) is 19.0 Å². The van der Waals surface area contributed by atoms with E-state index in [1.807, 2.05) is 0 Å². The lowest BCUT2D eigenvalue weighted by atomic mass is 10.2. The first kappa shape index (κ1) is 15.8. The van der Waals surface area contributed by atoms with Gasteiger partial charge in [-0.15, -0.1) is 0 Å². The van der Waals surface area contributed by atoms with Gasteiger partial charge >= 0.3 is 6.18 Å². The van der Waals surface area contributed by atoms with Crippen LogP contribution in [-0.4, -0.2) is 33.9 Å². The molecule has 0 aliphatic carbocycles. The number of aromatic nitrogens is 3. The Kier molecular flexibility index (Phi) is 4.97. The van der Waals surface area contributed by atoms with Crippen molar-refractivity contribution in [1.29, 1.82) is 0 Å². The number of halogens is 3. The highest BCUT2D eigenvalue weighted by Crippen LogP contribution is 2.26. The van der Waals surface area contributed by atoms with Gasteiger partial charge in [0.05, 0.1) is 5.69 Å². The summed E-state index contributed by atoms with van der Waals surface area (Å²) in [7, 11) is 0. The molecule has 1 aromatic carbocycles. The Morgan fingerprint density at radius 2 is 2.09 bits per heavy atom. The summed E-state index contributed by atoms with van der Waals surface area (Å²) in [6.45, 7) is -1.42. The van der Waals surface area contributed by atoms with E-state index in [9.17, 15) is 18.0 Å². The molecule has 0 atom stereocenters. The number of carbonyl (C=O) groups is 1. The minimum Gasteiger partial charge on any atom is -0.482 e. The van der Waals surface area contributed by atoms with Gasteiger partial charge in [-0.1, -0.05) is 12.1 Å². The van der Waals surface area contributed by atoms with Gasteiger partial charge in [0.15, 0.2) is 6.61 Å². The lowest BCUT2D eigenvalue weighted by Crippen LogP contribution is -2.20. The molecule has 0 saturated heterocycles. The number of carbonyl (C=O) groups excluding carboxylic acids is 1. The minimum absolute atomic E-state index is 0.0344. The van der Waals surface area contributed by atoms with Crippen LogP contribution in [0.15, 0.2) is 30.6 Å². The molecule has 0 saturated carbocycles. The Balaban J connectivity index is 1.92. The number of H-pyrrole nitrogens is 1. The van der Waals surface area contributed by atoms with Crippen molar-refractivity contribution < 1.29 is 22.7 Å². The third-order valence-electron chi connectivity index (χ3n) is 2.61. The number of nitrogens with zero attached hydrogens (tertiary/aromatic N) is 2. The molecule has 0 spiro atoms. The Labute approximate surface area is 123 Å². The Morgan fingerprint density at radius 1 is 1.32 bits per heavy atom. The van der Waals surface area contributed by atoms with Gasteiger partial charge in [0.25, 0.3) is 0 Å². The number of aromatic amines is 1. The van der Waals surface area contributed by atoms with Crippen LogP contribution in [-0.2, 0) is 11.2 Å². The van der Waals surface area contributed by atoms with Crippen LogP contribution < -0.4 is 10.1 Å². The van der Waals surface area contributed by atoms with Gasteiger partial charge in [-0.3, -0.25) is 9.89 Å². The maximum absolute atomic E-state index is 12.2. The van der Waals surface area contributed by atoms with Crippen molar-refractivity contribution in [3.05, 3.63) is 36.4 Å². The molecule has 22 heavy (non-hydrogen) atoms. The number of anilines is 1. The highest BCUT2D eigenvalue weighted by molar-refractivity contribution is 5.92. The van der Waals surface area contributed by atoms with Crippen LogP contribution in [0.5, 0.6) is 5.75 Å². The van der Waals surface area contributed by atoms with E-state index < -0.39 is 12.8 Å². The summed E-state index contributed by atoms with van der Waals surface area (Å²) < 4.78 is 41.2. The van der Waals surface area contributed by atoms with Gasteiger partial charge in [0.2, 0.25) is 5.91 Å². The number of alkyl halides is 3. The highest BCUT2D eigenvalue weighted by Gasteiger charge is 2.28. The highest BCUT2D eigenvalue weighted by atomic mass is 19.4. The van der Waals surface area contributed by atoms with E-state index in [0.717, 1.165) is 0 Å². The third kappa shape index (κ3) is 5.08. The number of amides is 1. The molecule has 0 radical (unpaired) electrons. The van der Waals surface area contributed by atoms with Crippen molar-refractivity contribution in [3.8, 4) is 5.75 Å². The van der Waals surface area contributed by atoms with Crippen molar-refractivity contribution in [2.24, 2.45) is 0 Å². The van der Waals surface area contributed by atoms with Crippen LogP contribution in [0.25, 0.3) is 0 Å². The van der Waals surface area contributed by atoms with Crippen LogP contribution in [0.3, 0.4) is 0 Å². The smallest absolute Gasteiger partial charge is 0.422 e. The van der Waals surface area contributed by atoms with Crippen molar-refractivity contribution in [1.82, 2.24) is 15.2 Å². The first-order valence-corrected chi connectivity index (χ1v) is 6.37. The maximum atomic E-state index is 12.2. The number of nitrogens with one attached hydrogen (secondary N) is 2. The summed E-state index contributed by atoms with van der Waals surface area (Å²) in [6.07, 6.45) is -2.66. The van der Waals surface area contributed by atoms with Crippen molar-refractivity contribution in [3.63, 3.8) is 0 Å². The molecule has 2 N–H and O–H groups in total. The van der Waals surface area contributed by atoms with E-state index in [1.165, 1.54) is 24.5 Å². The Morgan fingerprint density at radius 3 is 2.77 bits per heavy atom. The largest absolute Gasteiger partial charge is 0.482 e. The van der Waals surface area contributed by atoms with E-state index >= 15 is 0 Å². The minimum atomic E-state index is -4.44. The number of para-hydroxylation sites is 2. The molecule has 1 heterocycles. The second kappa shape index (κ2) is 6.92. The van der Waals surface area contributed by atoms with E-state index in [0.29, 0.717) is 12.2 Å². The number of hydrogen-bond acceptors (Lipinski definition) is 4. The number of benzene rings is 1. The van der Waals surface area contributed by atoms with Crippen LogP contribution in [0.1, 0.15) is 12.2 Å². The quantitative estimate of drug-likeness (QED) is 0.857. The first-order chi connectivity index (χ1) is 10.4. The van der Waals surface area contributed by atoms with Gasteiger partial charge in [-0.05, 0) is 12.1 Å². The summed E-state index contributed by atoms with van der Waals surface area (Å²) in [5.74, 6) is 0.157. The lowest BCUT2D eigenvalue weighted by molar-refractivity contribution is -0.153. The fourth-order valence-electron chi connectivity index (χ4n) is 1.65. The topological polar surface area (TPSA) is 79.9 Å². The molecule has 2 aromatic rings. The third-order valence-corrected chi connectivity index (χ3v) is 2.61. The first-order valence-electron chi connectivity index (χ1n) is 6.37. The zero-order valence-corrected chi connectivity index (χ0v) is 11.4. The molecule has 6 nitrogen and oxygen atoms in total. The molecule has 1 amide bonds. The average molecular weight is 314 g/mol. The van der Waals surface area contributed by atoms with Gasteiger partial charge in [0, 0.05) is 12.8 Å². The summed E-state index contributed by atoms with van der Waals surface area (Å²) in [6, 6.07) is 5.94. The Hall–Kier alpha value is -2.58. The lowest BCUT2D eigenvalue weighted by Gasteiger charge is -2.13. The summed E-state index contributed by atoms with van der Waals surface area (Å²) in [5, 5.41) is 8.78. The van der Waals surface area contributed by atoms with Crippen molar-refractivity contribution >= 4 is 11.6 Å². The van der Waals surface area contributed by atoms with Crippen LogP contribution >= 0.6 is 0 Å². The normalized spacial score (nSPS) is 11.2. The maximum Gasteiger partial charge on any atom is 0.422 e. The van der Waals surface area contributed by atoms with Gasteiger partial charge in [-0.2, -0.15) is 18.3 Å². The molecule has 9 heteroatoms. The standard InChI is InChI=1S/C13H13F3N4O2/c14-13(15,16)7-22-10-4-2-1-3-9(10)19-12(21)6-5-11-17-8-18-20-11/h1-4,8H,5-7H2,(H,19,21)(H,17,18,20). The molecule has 0 aliphatic rings. The fourth-order valence-corrected chi connectivity index (χ4v) is 1.65. The van der Waals surface area contributed by atoms with E-state index in [-0.39, 0.29) is 23.8 Å². The van der Waals surface area contributed by atoms with Crippen LogP contribution in [0.4, 0.5) is 18.9 Å². The summed E-state index contributed by atoms with van der Waals surface area (Å²) >= 11 is 0. The van der Waals surface area contributed by atoms with Crippen LogP contribution in [0, 0.1) is 0 Å². The number of aryl methyl sites for hydroxylation is 1. The van der Waals surface area contributed by atoms with Gasteiger partial charge in [0.1, 0.15) is 17.9 Å². The predicted octanol–water partition coefficient (Wildman–Crippen LogP) is 2.32. The van der Waals surface area contributed by atoms with Crippen molar-refractivity contribution in [2.75, 3.05) is 11.9 Å². The monoisotopic (exact) mass is 314 g/mol. The average Bonchev–Trinajstić information content (AvgIpc) is 2.97. The molecular weight excluding hydrogens is 301 g/mol. The number of rotatable bonds is 6. The van der Waals surface area contributed by atoms with E-state index in [1.54, 1.807) is 6.07 Å². The SMILES string of the molecule is O=C(CCc1ncn[nH]1)Nc1ccccc1OCC(F)(F)F. The molecule has 0 bridgehead atoms. The zero-order chi connectivity index (χ0) is 16.0. The predicted molar refractivity (Wildman–Crippen MR) is 71.3 cm³/mol. The Bertz CT molecular complexity index is 614. The fraction of sp³-hybridized carbons (Fsp3) is 0.308. The number of ether oxygens (including phenoxy) is 1. The van der Waals surface area contributed by atoms with Gasteiger partial charge < -0.3 is 10.1 Å². The molecule has 2 rings (SSSR count). The molecule has 0 fully saturated rings. The molecule has 0 unspecified atom stereocenters. The van der Waals surface area contributed by atoms with Crippen LogP contribution in [0.2, 0.25) is 0 Å². The molecule has 118 valence electrons. The van der Waals surface area contributed by atoms with Gasteiger partial charge in [-0.25, -0.2) is 4.98 Å². The zero-order valence-electron chi connectivity index (χ0n) is 11.4. The summed E-state index contributed by atoms with van der Waals surface area (Å²) in [4.78, 5) is 15.7. The second-order valence-electron chi connectivity index (χ2n) is 4.38. The van der Waals surface area contributed by atoms with E-state index in [4.69, 9.17) is 0 Å². The molecular formula is C13H13F3N4O2. The summed E-state index contributed by atoms with van der Waals surface area (Å²) in [5.41, 5.74) is 0.189. The van der Waals surface area contributed by atoms with E-state index in [2.05, 4.69) is 25.2 Å². The molecule has 1 aromatic heterocycles. The second-order valence-corrected chi connectivity index (χ2v) is 4.38.